The third-order valence-corrected chi connectivity index (χ3v) is 8.48. The molecule has 9 nitrogen and oxygen atoms in total. The Hall–Kier alpha value is -3.72. The molecule has 3 N–H and O–H groups in total. The first-order valence-electron chi connectivity index (χ1n) is 14.8. The lowest BCUT2D eigenvalue weighted by atomic mass is 9.81. The molecule has 0 radical (unpaired) electrons. The maximum atomic E-state index is 12.8. The predicted octanol–water partition coefficient (Wildman–Crippen LogP) is 5.87. The average Bonchev–Trinajstić information content (AvgIpc) is 2.90. The van der Waals surface area contributed by atoms with Crippen LogP contribution in [0.4, 0.5) is 17.3 Å². The quantitative estimate of drug-likeness (QED) is 0.374. The summed E-state index contributed by atoms with van der Waals surface area (Å²) in [6.45, 7) is 17.5. The van der Waals surface area contributed by atoms with E-state index in [1.807, 2.05) is 40.7 Å². The van der Waals surface area contributed by atoms with E-state index in [1.54, 1.807) is 0 Å². The smallest absolute Gasteiger partial charge is 0.337 e. The van der Waals surface area contributed by atoms with Crippen molar-refractivity contribution in [3.63, 3.8) is 0 Å². The molecular weight excluding hydrogens is 528 g/mol. The molecule has 1 saturated heterocycles. The zero-order chi connectivity index (χ0) is 30.4. The summed E-state index contributed by atoms with van der Waals surface area (Å²) in [4.78, 5) is 30.7. The predicted molar refractivity (Wildman–Crippen MR) is 167 cm³/mol. The summed E-state index contributed by atoms with van der Waals surface area (Å²) in [5, 5.41) is 10.5. The van der Waals surface area contributed by atoms with E-state index in [1.165, 1.54) is 17.5 Å². The number of rotatable bonds is 6. The number of aryl methyl sites for hydroxylation is 2. The van der Waals surface area contributed by atoms with Gasteiger partial charge < -0.3 is 25.4 Å². The van der Waals surface area contributed by atoms with Gasteiger partial charge in [-0.1, -0.05) is 32.0 Å². The van der Waals surface area contributed by atoms with Gasteiger partial charge in [-0.15, -0.1) is 0 Å². The molecule has 2 aliphatic rings. The summed E-state index contributed by atoms with van der Waals surface area (Å²) in [5.41, 5.74) is 13.3. The molecule has 224 valence electrons. The summed E-state index contributed by atoms with van der Waals surface area (Å²) in [7, 11) is 0. The van der Waals surface area contributed by atoms with Gasteiger partial charge >= 0.3 is 5.97 Å². The molecule has 2 aliphatic heterocycles. The summed E-state index contributed by atoms with van der Waals surface area (Å²) in [6.07, 6.45) is 3.28. The van der Waals surface area contributed by atoms with Crippen LogP contribution in [0.3, 0.4) is 0 Å². The first-order valence-corrected chi connectivity index (χ1v) is 14.8. The average molecular weight is 573 g/mol. The molecule has 0 bridgehead atoms. The van der Waals surface area contributed by atoms with Gasteiger partial charge in [-0.25, -0.2) is 14.8 Å². The van der Waals surface area contributed by atoms with Crippen molar-refractivity contribution < 1.29 is 14.6 Å². The van der Waals surface area contributed by atoms with Crippen LogP contribution in [-0.4, -0.2) is 51.3 Å². The van der Waals surface area contributed by atoms with Crippen LogP contribution in [0.15, 0.2) is 30.6 Å². The third-order valence-electron chi connectivity index (χ3n) is 8.48. The van der Waals surface area contributed by atoms with Crippen molar-refractivity contribution in [3.05, 3.63) is 58.7 Å². The maximum absolute atomic E-state index is 12.8. The Kier molecular flexibility index (Phi) is 7.91. The lowest BCUT2D eigenvalue weighted by molar-refractivity contribution is -0.160. The van der Waals surface area contributed by atoms with E-state index in [9.17, 15) is 9.90 Å². The highest BCUT2D eigenvalue weighted by atomic mass is 16.5. The molecule has 1 fully saturated rings. The van der Waals surface area contributed by atoms with Crippen molar-refractivity contribution in [2.75, 3.05) is 35.2 Å². The molecule has 2 aromatic heterocycles. The largest absolute Gasteiger partial charge is 0.479 e. The second kappa shape index (κ2) is 11.2. The number of benzene rings is 1. The fourth-order valence-electron chi connectivity index (χ4n) is 6.19. The molecule has 3 aromatic rings. The molecule has 1 atom stereocenters. The van der Waals surface area contributed by atoms with Crippen LogP contribution in [0, 0.1) is 19.3 Å². The van der Waals surface area contributed by atoms with Gasteiger partial charge in [0.15, 0.2) is 6.10 Å². The highest BCUT2D eigenvalue weighted by Gasteiger charge is 2.36. The normalized spacial score (nSPS) is 17.6. The number of nitrogens with two attached hydrogens (primary N) is 1. The van der Waals surface area contributed by atoms with Crippen molar-refractivity contribution in [1.29, 1.82) is 0 Å². The van der Waals surface area contributed by atoms with Crippen LogP contribution in [0.5, 0.6) is 0 Å². The third kappa shape index (κ3) is 6.21. The maximum Gasteiger partial charge on any atom is 0.337 e. The number of carboxylic acid groups (broad SMARTS) is 1. The first-order chi connectivity index (χ1) is 19.7. The molecule has 0 aliphatic carbocycles. The van der Waals surface area contributed by atoms with Gasteiger partial charge in [-0.05, 0) is 76.0 Å². The van der Waals surface area contributed by atoms with E-state index >= 15 is 0 Å². The second-order valence-electron chi connectivity index (χ2n) is 13.5. The van der Waals surface area contributed by atoms with Crippen molar-refractivity contribution in [2.45, 2.75) is 86.0 Å². The van der Waals surface area contributed by atoms with Crippen LogP contribution < -0.4 is 15.5 Å². The molecule has 42 heavy (non-hydrogen) atoms. The van der Waals surface area contributed by atoms with Gasteiger partial charge in [-0.2, -0.15) is 0 Å². The van der Waals surface area contributed by atoms with E-state index in [0.717, 1.165) is 73.8 Å². The van der Waals surface area contributed by atoms with Crippen molar-refractivity contribution in [2.24, 2.45) is 5.41 Å². The number of carboxylic acids is 1. The number of aromatic nitrogens is 3. The topological polar surface area (TPSA) is 118 Å². The minimum Gasteiger partial charge on any atom is -0.479 e. The Morgan fingerprint density at radius 3 is 2.38 bits per heavy atom. The minimum absolute atomic E-state index is 0.244. The molecule has 5 rings (SSSR count). The Labute approximate surface area is 249 Å². The monoisotopic (exact) mass is 572 g/mol. The van der Waals surface area contributed by atoms with Gasteiger partial charge in [0, 0.05) is 54.8 Å². The van der Waals surface area contributed by atoms with Crippen LogP contribution in [0.25, 0.3) is 11.1 Å². The van der Waals surface area contributed by atoms with Crippen molar-refractivity contribution in [3.8, 4) is 11.1 Å². The summed E-state index contributed by atoms with van der Waals surface area (Å²) in [5.74, 6) is 0.288. The number of hydrogen-bond acceptors (Lipinski definition) is 8. The molecule has 0 spiro atoms. The fourth-order valence-corrected chi connectivity index (χ4v) is 6.19. The molecule has 4 heterocycles. The first kappa shape index (κ1) is 29.8. The zero-order valence-electron chi connectivity index (χ0n) is 26.0. The molecule has 1 unspecified atom stereocenters. The molecular formula is C33H44N6O3. The van der Waals surface area contributed by atoms with Crippen LogP contribution in [0.1, 0.15) is 81.6 Å². The van der Waals surface area contributed by atoms with E-state index < -0.39 is 17.7 Å². The number of carbonyl (C=O) groups is 1. The van der Waals surface area contributed by atoms with E-state index in [0.29, 0.717) is 17.1 Å². The Morgan fingerprint density at radius 2 is 1.74 bits per heavy atom. The summed E-state index contributed by atoms with van der Waals surface area (Å²) in [6, 6.07) is 8.41. The minimum atomic E-state index is -1.13. The molecule has 0 saturated carbocycles. The Morgan fingerprint density at radius 1 is 1.02 bits per heavy atom. The fraction of sp³-hybridized carbons (Fsp3) is 0.515. The number of piperidine rings is 1. The zero-order valence-corrected chi connectivity index (χ0v) is 26.0. The molecule has 9 heteroatoms. The highest BCUT2D eigenvalue weighted by Crippen LogP contribution is 2.45. The number of fused-ring (bicyclic) bond motifs is 1. The summed E-state index contributed by atoms with van der Waals surface area (Å²) >= 11 is 0. The number of pyridine rings is 1. The van der Waals surface area contributed by atoms with Gasteiger partial charge in [0.05, 0.1) is 11.3 Å². The van der Waals surface area contributed by atoms with E-state index in [4.69, 9.17) is 15.5 Å². The molecule has 0 amide bonds. The lowest BCUT2D eigenvalue weighted by Crippen LogP contribution is -2.39. The molecule has 1 aromatic carbocycles. The van der Waals surface area contributed by atoms with Crippen LogP contribution in [-0.2, 0) is 22.5 Å². The van der Waals surface area contributed by atoms with Gasteiger partial charge in [-0.3, -0.25) is 4.98 Å². The Balaban J connectivity index is 1.62. The number of nitrogens with zero attached hydrogens (tertiary/aromatic N) is 5. The lowest BCUT2D eigenvalue weighted by Gasteiger charge is -2.41. The van der Waals surface area contributed by atoms with E-state index in [-0.39, 0.29) is 5.41 Å². The van der Waals surface area contributed by atoms with Crippen molar-refractivity contribution in [1.82, 2.24) is 15.0 Å². The van der Waals surface area contributed by atoms with Gasteiger partial charge in [0.2, 0.25) is 0 Å². The van der Waals surface area contributed by atoms with Gasteiger partial charge in [0.25, 0.3) is 0 Å². The van der Waals surface area contributed by atoms with Gasteiger partial charge in [0.1, 0.15) is 18.0 Å². The second-order valence-corrected chi connectivity index (χ2v) is 13.5. The number of nitrogen functional groups attached to an aromatic ring is 1. The number of ether oxygens (including phenoxy) is 1. The van der Waals surface area contributed by atoms with E-state index in [2.05, 4.69) is 51.8 Å². The summed E-state index contributed by atoms with van der Waals surface area (Å²) < 4.78 is 6.23. The number of hydrogen-bond donors (Lipinski definition) is 2. The van der Waals surface area contributed by atoms with Crippen LogP contribution in [0.2, 0.25) is 0 Å². The number of aliphatic carboxylic acids is 1. The van der Waals surface area contributed by atoms with Crippen molar-refractivity contribution >= 4 is 23.3 Å². The number of anilines is 3. The Bertz CT molecular complexity index is 1490. The van der Waals surface area contributed by atoms with Crippen LogP contribution >= 0.6 is 0 Å². The highest BCUT2D eigenvalue weighted by molar-refractivity contribution is 5.88. The standard InChI is InChI=1S/C33H44N6O3/c1-20-27(23-8-9-24-18-39(13-10-22(24)16-23)26-17-25(34)35-19-36-26)29(38-14-11-33(6,7)12-15-38)28(21(2)37-20)30(31(40)41)42-32(3,4)5/h8-9,16-17,19,30H,10-15,18H2,1-7H3,(H,40,41)(H2,34,35,36). The SMILES string of the molecule is Cc1nc(C)c(C(OC(C)(C)C)C(=O)O)c(N2CCC(C)(C)CC2)c1-c1ccc2c(c1)CCN(c1cc(N)ncn1)C2.